The number of ether oxygens (including phenoxy) is 1. The van der Waals surface area contributed by atoms with E-state index in [0.717, 1.165) is 60.3 Å². The lowest BCUT2D eigenvalue weighted by Gasteiger charge is -2.24. The van der Waals surface area contributed by atoms with Crippen LogP contribution >= 0.6 is 11.3 Å². The number of esters is 1. The number of amides is 4. The van der Waals surface area contributed by atoms with Crippen molar-refractivity contribution in [2.24, 2.45) is 5.92 Å². The molecule has 31 heavy (non-hydrogen) atoms. The molecule has 1 aromatic heterocycles. The highest BCUT2D eigenvalue weighted by molar-refractivity contribution is 7.17. The summed E-state index contributed by atoms with van der Waals surface area (Å²) in [6.45, 7) is 1.80. The van der Waals surface area contributed by atoms with Crippen LogP contribution in [-0.4, -0.2) is 47.9 Å². The SMILES string of the molecule is COC(=O)c1c(NC(=O)CN2C(=O)NC3(CCCCCC3)C2=O)sc2c1CCC(C)C2. The van der Waals surface area contributed by atoms with Gasteiger partial charge in [-0.25, -0.2) is 9.59 Å². The molecule has 0 radical (unpaired) electrons. The smallest absolute Gasteiger partial charge is 0.341 e. The summed E-state index contributed by atoms with van der Waals surface area (Å²) in [5.41, 5.74) is 0.473. The minimum absolute atomic E-state index is 0.318. The standard InChI is InChI=1S/C22H29N3O5S/c1-13-7-8-14-15(11-13)31-18(17(14)19(27)30-2)23-16(26)12-25-20(28)22(24-21(25)29)9-5-3-4-6-10-22/h13H,3-12H2,1-2H3,(H,23,26)(H,24,29). The third-order valence-corrected chi connectivity index (χ3v) is 7.83. The Balaban J connectivity index is 1.51. The number of nitrogens with one attached hydrogen (secondary N) is 2. The molecular weight excluding hydrogens is 418 g/mol. The van der Waals surface area contributed by atoms with E-state index in [1.807, 2.05) is 0 Å². The molecule has 1 saturated heterocycles. The Morgan fingerprint density at radius 2 is 1.94 bits per heavy atom. The molecule has 4 amide bonds. The molecule has 2 fully saturated rings. The molecule has 1 atom stereocenters. The molecular formula is C22H29N3O5S. The van der Waals surface area contributed by atoms with E-state index in [0.29, 0.717) is 29.3 Å². The molecule has 0 bridgehead atoms. The molecule has 168 valence electrons. The average molecular weight is 448 g/mol. The Kier molecular flexibility index (Phi) is 6.05. The summed E-state index contributed by atoms with van der Waals surface area (Å²) in [5, 5.41) is 6.06. The van der Waals surface area contributed by atoms with Crippen molar-refractivity contribution in [2.75, 3.05) is 19.0 Å². The van der Waals surface area contributed by atoms with Crippen LogP contribution in [0.4, 0.5) is 9.80 Å². The number of nitrogens with zero attached hydrogens (tertiary/aromatic N) is 1. The molecule has 2 N–H and O–H groups in total. The largest absolute Gasteiger partial charge is 0.465 e. The Morgan fingerprint density at radius 1 is 1.23 bits per heavy atom. The summed E-state index contributed by atoms with van der Waals surface area (Å²) in [7, 11) is 1.32. The summed E-state index contributed by atoms with van der Waals surface area (Å²) >= 11 is 1.38. The van der Waals surface area contributed by atoms with Gasteiger partial charge in [0.2, 0.25) is 5.91 Å². The molecule has 1 aromatic rings. The number of anilines is 1. The molecule has 9 heteroatoms. The highest BCUT2D eigenvalue weighted by Gasteiger charge is 2.51. The fourth-order valence-corrected chi connectivity index (χ4v) is 6.37. The number of hydrogen-bond acceptors (Lipinski definition) is 6. The van der Waals surface area contributed by atoms with Crippen molar-refractivity contribution in [1.82, 2.24) is 10.2 Å². The first-order chi connectivity index (χ1) is 14.8. The van der Waals surface area contributed by atoms with Crippen molar-refractivity contribution < 1.29 is 23.9 Å². The molecule has 1 spiro atoms. The fourth-order valence-electron chi connectivity index (χ4n) is 4.96. The molecule has 4 rings (SSSR count). The molecule has 1 saturated carbocycles. The monoisotopic (exact) mass is 447 g/mol. The van der Waals surface area contributed by atoms with Crippen molar-refractivity contribution in [3.05, 3.63) is 16.0 Å². The molecule has 8 nitrogen and oxygen atoms in total. The summed E-state index contributed by atoms with van der Waals surface area (Å²) in [6, 6.07) is -0.519. The maximum Gasteiger partial charge on any atom is 0.341 e. The maximum absolute atomic E-state index is 13.0. The topological polar surface area (TPSA) is 105 Å². The lowest BCUT2D eigenvalue weighted by Crippen LogP contribution is -2.47. The predicted octanol–water partition coefficient (Wildman–Crippen LogP) is 3.24. The van der Waals surface area contributed by atoms with Gasteiger partial charge >= 0.3 is 12.0 Å². The Labute approximate surface area is 185 Å². The normalized spacial score (nSPS) is 22.6. The van der Waals surface area contributed by atoms with Crippen molar-refractivity contribution in [2.45, 2.75) is 70.3 Å². The minimum atomic E-state index is -0.872. The van der Waals surface area contributed by atoms with Crippen LogP contribution < -0.4 is 10.6 Å². The van der Waals surface area contributed by atoms with Crippen LogP contribution in [-0.2, 0) is 27.2 Å². The van der Waals surface area contributed by atoms with E-state index in [2.05, 4.69) is 17.6 Å². The van der Waals surface area contributed by atoms with Gasteiger partial charge in [-0.2, -0.15) is 0 Å². The third kappa shape index (κ3) is 4.07. The predicted molar refractivity (Wildman–Crippen MR) is 116 cm³/mol. The first kappa shape index (κ1) is 21.8. The zero-order valence-electron chi connectivity index (χ0n) is 18.0. The van der Waals surface area contributed by atoms with Crippen LogP contribution in [0.15, 0.2) is 0 Å². The van der Waals surface area contributed by atoms with Crippen LogP contribution in [0.2, 0.25) is 0 Å². The van der Waals surface area contributed by atoms with Crippen molar-refractivity contribution in [1.29, 1.82) is 0 Å². The maximum atomic E-state index is 13.0. The quantitative estimate of drug-likeness (QED) is 0.545. The molecule has 1 unspecified atom stereocenters. The van der Waals surface area contributed by atoms with Crippen LogP contribution in [0, 0.1) is 5.92 Å². The van der Waals surface area contributed by atoms with Gasteiger partial charge in [-0.05, 0) is 43.6 Å². The number of fused-ring (bicyclic) bond motifs is 1. The molecule has 1 aliphatic heterocycles. The Bertz CT molecular complexity index is 916. The number of carbonyl (C=O) groups is 4. The summed E-state index contributed by atoms with van der Waals surface area (Å²) in [5.74, 6) is -0.773. The molecule has 2 heterocycles. The summed E-state index contributed by atoms with van der Waals surface area (Å²) in [4.78, 5) is 52.9. The second-order valence-corrected chi connectivity index (χ2v) is 10.0. The summed E-state index contributed by atoms with van der Waals surface area (Å²) < 4.78 is 4.95. The van der Waals surface area contributed by atoms with Crippen molar-refractivity contribution >= 4 is 40.2 Å². The Morgan fingerprint density at radius 3 is 2.61 bits per heavy atom. The number of hydrogen-bond donors (Lipinski definition) is 2. The first-order valence-corrected chi connectivity index (χ1v) is 11.8. The van der Waals surface area contributed by atoms with E-state index < -0.39 is 23.4 Å². The van der Waals surface area contributed by atoms with E-state index in [9.17, 15) is 19.2 Å². The van der Waals surface area contributed by atoms with Gasteiger partial charge < -0.3 is 15.4 Å². The number of methoxy groups -OCH3 is 1. The van der Waals surface area contributed by atoms with Gasteiger partial charge in [0.25, 0.3) is 5.91 Å². The van der Waals surface area contributed by atoms with E-state index in [1.54, 1.807) is 0 Å². The van der Waals surface area contributed by atoms with Gasteiger partial charge in [-0.15, -0.1) is 11.3 Å². The number of urea groups is 1. The minimum Gasteiger partial charge on any atom is -0.465 e. The third-order valence-electron chi connectivity index (χ3n) is 6.66. The van der Waals surface area contributed by atoms with Gasteiger partial charge in [-0.1, -0.05) is 32.6 Å². The lowest BCUT2D eigenvalue weighted by atomic mass is 9.88. The van der Waals surface area contributed by atoms with E-state index >= 15 is 0 Å². The van der Waals surface area contributed by atoms with E-state index in [1.165, 1.54) is 18.4 Å². The molecule has 0 aromatic carbocycles. The van der Waals surface area contributed by atoms with Crippen molar-refractivity contribution in [3.63, 3.8) is 0 Å². The number of rotatable bonds is 4. The van der Waals surface area contributed by atoms with Gasteiger partial charge in [0.1, 0.15) is 17.1 Å². The van der Waals surface area contributed by atoms with Gasteiger partial charge in [0.15, 0.2) is 0 Å². The highest BCUT2D eigenvalue weighted by atomic mass is 32.1. The van der Waals surface area contributed by atoms with Crippen LogP contribution in [0.3, 0.4) is 0 Å². The summed E-state index contributed by atoms with van der Waals surface area (Å²) in [6.07, 6.45) is 7.67. The Hall–Kier alpha value is -2.42. The van der Waals surface area contributed by atoms with Gasteiger partial charge in [-0.3, -0.25) is 14.5 Å². The van der Waals surface area contributed by atoms with Gasteiger partial charge in [0.05, 0.1) is 12.7 Å². The zero-order valence-corrected chi connectivity index (χ0v) is 18.9. The van der Waals surface area contributed by atoms with Crippen molar-refractivity contribution in [3.8, 4) is 0 Å². The first-order valence-electron chi connectivity index (χ1n) is 11.0. The number of thiophene rings is 1. The average Bonchev–Trinajstić information content (AvgIpc) is 3.05. The van der Waals surface area contributed by atoms with E-state index in [4.69, 9.17) is 4.74 Å². The van der Waals surface area contributed by atoms with Crippen LogP contribution in [0.25, 0.3) is 0 Å². The molecule has 2 aliphatic carbocycles. The second-order valence-electron chi connectivity index (χ2n) is 8.91. The molecule has 3 aliphatic rings. The number of imide groups is 1. The van der Waals surface area contributed by atoms with E-state index in [-0.39, 0.29) is 12.5 Å². The van der Waals surface area contributed by atoms with Crippen LogP contribution in [0.1, 0.15) is 72.7 Å². The second kappa shape index (κ2) is 8.61. The van der Waals surface area contributed by atoms with Crippen LogP contribution in [0.5, 0.6) is 0 Å². The number of carbonyl (C=O) groups excluding carboxylic acids is 4. The van der Waals surface area contributed by atoms with Gasteiger partial charge in [0, 0.05) is 4.88 Å². The lowest BCUT2D eigenvalue weighted by molar-refractivity contribution is -0.134. The zero-order chi connectivity index (χ0) is 22.2. The fraction of sp³-hybridized carbons (Fsp3) is 0.636. The highest BCUT2D eigenvalue weighted by Crippen LogP contribution is 2.40.